The molecule has 136 valence electrons. The summed E-state index contributed by atoms with van der Waals surface area (Å²) in [7, 11) is 0. The molecule has 2 aromatic rings. The van der Waals surface area contributed by atoms with Crippen molar-refractivity contribution in [2.45, 2.75) is 50.4 Å². The van der Waals surface area contributed by atoms with Gasteiger partial charge in [0, 0.05) is 18.2 Å². The van der Waals surface area contributed by atoms with Crippen LogP contribution in [-0.2, 0) is 4.79 Å². The summed E-state index contributed by atoms with van der Waals surface area (Å²) in [6.07, 6.45) is 3.27. The first kappa shape index (κ1) is 19.7. The first-order chi connectivity index (χ1) is 11.8. The molecular formula is C17H23N3O3S2. The molecule has 0 radical (unpaired) electrons. The summed E-state index contributed by atoms with van der Waals surface area (Å²) in [5, 5.41) is 13.8. The summed E-state index contributed by atoms with van der Waals surface area (Å²) in [5.74, 6) is 0.983. The summed E-state index contributed by atoms with van der Waals surface area (Å²) in [4.78, 5) is 26.8. The predicted octanol–water partition coefficient (Wildman–Crippen LogP) is 4.63. The van der Waals surface area contributed by atoms with Crippen LogP contribution in [0.3, 0.4) is 0 Å². The van der Waals surface area contributed by atoms with Crippen molar-refractivity contribution in [3.8, 4) is 0 Å². The lowest BCUT2D eigenvalue weighted by atomic mass is 10.0. The molecule has 0 spiro atoms. The Hall–Kier alpha value is -1.67. The van der Waals surface area contributed by atoms with E-state index in [1.807, 2.05) is 6.92 Å². The minimum absolute atomic E-state index is 0.00714. The van der Waals surface area contributed by atoms with Gasteiger partial charge < -0.3 is 5.32 Å². The monoisotopic (exact) mass is 381 g/mol. The second-order valence-corrected chi connectivity index (χ2v) is 8.72. The Kier molecular flexibility index (Phi) is 7.19. The molecule has 0 bridgehead atoms. The average molecular weight is 382 g/mol. The third-order valence-corrected chi connectivity index (χ3v) is 5.88. The molecule has 0 aliphatic heterocycles. The van der Waals surface area contributed by atoms with Crippen LogP contribution >= 0.6 is 23.1 Å². The summed E-state index contributed by atoms with van der Waals surface area (Å²) >= 11 is 2.74. The number of nitrogens with one attached hydrogen (secondary N) is 1. The van der Waals surface area contributed by atoms with Crippen LogP contribution in [-0.4, -0.2) is 27.6 Å². The van der Waals surface area contributed by atoms with E-state index in [-0.39, 0.29) is 17.6 Å². The van der Waals surface area contributed by atoms with Gasteiger partial charge in [-0.1, -0.05) is 38.5 Å². The molecule has 0 saturated carbocycles. The van der Waals surface area contributed by atoms with Gasteiger partial charge >= 0.3 is 0 Å². The van der Waals surface area contributed by atoms with Gasteiger partial charge in [-0.15, -0.1) is 11.3 Å². The number of nitro groups is 1. The van der Waals surface area contributed by atoms with Crippen LogP contribution in [0.1, 0.15) is 40.0 Å². The van der Waals surface area contributed by atoms with Crippen molar-refractivity contribution < 1.29 is 9.72 Å². The first-order valence-corrected chi connectivity index (χ1v) is 10.1. The van der Waals surface area contributed by atoms with Crippen molar-refractivity contribution in [2.24, 2.45) is 5.92 Å². The number of benzene rings is 1. The van der Waals surface area contributed by atoms with Gasteiger partial charge in [0.15, 0.2) is 4.34 Å². The highest BCUT2D eigenvalue weighted by atomic mass is 32.2. The smallest absolute Gasteiger partial charge is 0.270 e. The zero-order chi connectivity index (χ0) is 18.4. The van der Waals surface area contributed by atoms with E-state index in [0.717, 1.165) is 27.4 Å². The molecule has 1 aromatic heterocycles. The number of rotatable bonds is 9. The van der Waals surface area contributed by atoms with E-state index < -0.39 is 4.92 Å². The van der Waals surface area contributed by atoms with Gasteiger partial charge in [-0.3, -0.25) is 14.9 Å². The highest BCUT2D eigenvalue weighted by Crippen LogP contribution is 2.31. The molecule has 2 rings (SSSR count). The average Bonchev–Trinajstić information content (AvgIpc) is 2.94. The molecule has 0 saturated heterocycles. The number of amides is 1. The zero-order valence-electron chi connectivity index (χ0n) is 14.7. The second kappa shape index (κ2) is 9.15. The third-order valence-electron chi connectivity index (χ3n) is 3.72. The van der Waals surface area contributed by atoms with Crippen molar-refractivity contribution in [1.29, 1.82) is 0 Å². The molecule has 8 heteroatoms. The van der Waals surface area contributed by atoms with Crippen LogP contribution in [0.25, 0.3) is 10.2 Å². The van der Waals surface area contributed by atoms with Gasteiger partial charge in [-0.25, -0.2) is 4.98 Å². The summed E-state index contributed by atoms with van der Waals surface area (Å²) in [5.41, 5.74) is 0.779. The number of fused-ring (bicyclic) bond motifs is 1. The van der Waals surface area contributed by atoms with Gasteiger partial charge in [0.25, 0.3) is 5.69 Å². The van der Waals surface area contributed by atoms with E-state index in [9.17, 15) is 14.9 Å². The van der Waals surface area contributed by atoms with Crippen molar-refractivity contribution in [3.05, 3.63) is 28.3 Å². The Bertz CT molecular complexity index is 746. The first-order valence-electron chi connectivity index (χ1n) is 8.32. The molecule has 25 heavy (non-hydrogen) atoms. The number of carbonyl (C=O) groups is 1. The zero-order valence-corrected chi connectivity index (χ0v) is 16.3. The minimum atomic E-state index is -0.417. The van der Waals surface area contributed by atoms with Crippen molar-refractivity contribution in [2.75, 3.05) is 5.75 Å². The molecule has 1 atom stereocenters. The Morgan fingerprint density at radius 1 is 1.36 bits per heavy atom. The lowest BCUT2D eigenvalue weighted by molar-refractivity contribution is -0.384. The van der Waals surface area contributed by atoms with E-state index in [2.05, 4.69) is 24.1 Å². The minimum Gasteiger partial charge on any atom is -0.353 e. The van der Waals surface area contributed by atoms with E-state index in [0.29, 0.717) is 11.7 Å². The number of carbonyl (C=O) groups excluding carboxylic acids is 1. The van der Waals surface area contributed by atoms with Crippen LogP contribution < -0.4 is 5.32 Å². The lowest BCUT2D eigenvalue weighted by Gasteiger charge is -2.14. The lowest BCUT2D eigenvalue weighted by Crippen LogP contribution is -2.33. The molecule has 0 unspecified atom stereocenters. The topological polar surface area (TPSA) is 85.1 Å². The Balaban J connectivity index is 1.83. The number of hydrogen-bond donors (Lipinski definition) is 1. The Morgan fingerprint density at radius 2 is 2.12 bits per heavy atom. The normalized spacial score (nSPS) is 12.5. The molecular weight excluding hydrogens is 358 g/mol. The fourth-order valence-electron chi connectivity index (χ4n) is 2.42. The maximum atomic E-state index is 12.0. The number of thioether (sulfide) groups is 1. The fraction of sp³-hybridized carbons (Fsp3) is 0.529. The maximum Gasteiger partial charge on any atom is 0.270 e. The standard InChI is InChI=1S/C17H23N3O3S2/c1-11(2)5-4-6-12(3)18-16(21)10-24-17-19-14-8-7-13(20(22)23)9-15(14)25-17/h7-9,11-12H,4-6,10H2,1-3H3,(H,18,21)/t12-/m0/s1. The number of thiazole rings is 1. The predicted molar refractivity (Wildman–Crippen MR) is 103 cm³/mol. The van der Waals surface area contributed by atoms with Gasteiger partial charge in [0.2, 0.25) is 5.91 Å². The van der Waals surface area contributed by atoms with Gasteiger partial charge in [-0.05, 0) is 25.3 Å². The molecule has 1 amide bonds. The fourth-order valence-corrected chi connectivity index (χ4v) is 4.33. The van der Waals surface area contributed by atoms with Crippen LogP contribution in [0.2, 0.25) is 0 Å². The maximum absolute atomic E-state index is 12.0. The number of hydrogen-bond acceptors (Lipinski definition) is 6. The summed E-state index contributed by atoms with van der Waals surface area (Å²) < 4.78 is 1.51. The van der Waals surface area contributed by atoms with Crippen LogP contribution in [0.15, 0.2) is 22.5 Å². The van der Waals surface area contributed by atoms with Crippen LogP contribution in [0.5, 0.6) is 0 Å². The molecule has 1 N–H and O–H groups in total. The Morgan fingerprint density at radius 3 is 2.80 bits per heavy atom. The highest BCUT2D eigenvalue weighted by Gasteiger charge is 2.13. The molecule has 6 nitrogen and oxygen atoms in total. The van der Waals surface area contributed by atoms with Crippen molar-refractivity contribution >= 4 is 44.9 Å². The number of non-ortho nitro benzene ring substituents is 1. The highest BCUT2D eigenvalue weighted by molar-refractivity contribution is 8.01. The van der Waals surface area contributed by atoms with Crippen LogP contribution in [0, 0.1) is 16.0 Å². The largest absolute Gasteiger partial charge is 0.353 e. The quantitative estimate of drug-likeness (QED) is 0.389. The van der Waals surface area contributed by atoms with Crippen molar-refractivity contribution in [1.82, 2.24) is 10.3 Å². The SMILES string of the molecule is CC(C)CCC[C@H](C)NC(=O)CSc1nc2ccc([N+](=O)[O-])cc2s1. The van der Waals surface area contributed by atoms with Gasteiger partial charge in [-0.2, -0.15) is 0 Å². The summed E-state index contributed by atoms with van der Waals surface area (Å²) in [6, 6.07) is 4.78. The van der Waals surface area contributed by atoms with Crippen LogP contribution in [0.4, 0.5) is 5.69 Å². The molecule has 1 heterocycles. The number of aromatic nitrogens is 1. The molecule has 0 aliphatic rings. The van der Waals surface area contributed by atoms with E-state index in [4.69, 9.17) is 0 Å². The van der Waals surface area contributed by atoms with Gasteiger partial charge in [0.1, 0.15) is 0 Å². The van der Waals surface area contributed by atoms with Gasteiger partial charge in [0.05, 0.1) is 20.9 Å². The number of nitrogens with zero attached hydrogens (tertiary/aromatic N) is 2. The second-order valence-electron chi connectivity index (χ2n) is 6.47. The van der Waals surface area contributed by atoms with E-state index >= 15 is 0 Å². The summed E-state index contributed by atoms with van der Waals surface area (Å²) in [6.45, 7) is 6.43. The molecule has 1 aromatic carbocycles. The molecule has 0 aliphatic carbocycles. The van der Waals surface area contributed by atoms with E-state index in [1.165, 1.54) is 41.7 Å². The Labute approximate surface area is 155 Å². The van der Waals surface area contributed by atoms with E-state index in [1.54, 1.807) is 6.07 Å². The third kappa shape index (κ3) is 6.28. The number of nitro benzene ring substituents is 1. The van der Waals surface area contributed by atoms with Crippen molar-refractivity contribution in [3.63, 3.8) is 0 Å². The molecule has 0 fully saturated rings.